The maximum absolute atomic E-state index is 12.1. The minimum Gasteiger partial charge on any atom is -0.330 e. The van der Waals surface area contributed by atoms with Crippen LogP contribution in [0.2, 0.25) is 0 Å². The third kappa shape index (κ3) is 4.41. The summed E-state index contributed by atoms with van der Waals surface area (Å²) in [5.41, 5.74) is 7.60. The van der Waals surface area contributed by atoms with Gasteiger partial charge in [-0.05, 0) is 49.0 Å². The fourth-order valence-electron chi connectivity index (χ4n) is 1.94. The normalized spacial score (nSPS) is 10.3. The molecule has 0 unspecified atom stereocenters. The summed E-state index contributed by atoms with van der Waals surface area (Å²) in [7, 11) is 0. The summed E-state index contributed by atoms with van der Waals surface area (Å²) in [5, 5.41) is 7.51. The number of carbonyl (C=O) groups excluding carboxylic acids is 2. The zero-order valence-electron chi connectivity index (χ0n) is 12.4. The van der Waals surface area contributed by atoms with Crippen LogP contribution in [0.25, 0.3) is 0 Å². The van der Waals surface area contributed by atoms with Gasteiger partial charge in [-0.3, -0.25) is 9.59 Å². The Morgan fingerprint density at radius 2 is 2.00 bits per heavy atom. The van der Waals surface area contributed by atoms with E-state index in [0.29, 0.717) is 35.6 Å². The minimum absolute atomic E-state index is 0.109. The van der Waals surface area contributed by atoms with Gasteiger partial charge in [-0.25, -0.2) is 0 Å². The molecule has 0 atom stereocenters. The van der Waals surface area contributed by atoms with Crippen molar-refractivity contribution < 1.29 is 9.59 Å². The van der Waals surface area contributed by atoms with Gasteiger partial charge in [0.25, 0.3) is 5.91 Å². The Morgan fingerprint density at radius 3 is 2.68 bits per heavy atom. The number of hydrogen-bond acceptors (Lipinski definition) is 4. The first-order valence-electron chi connectivity index (χ1n) is 7.05. The molecule has 0 saturated heterocycles. The van der Waals surface area contributed by atoms with Crippen LogP contribution in [0.5, 0.6) is 0 Å². The van der Waals surface area contributed by atoms with E-state index in [1.807, 2.05) is 30.5 Å². The fraction of sp³-hybridized carbons (Fsp3) is 0.250. The number of aryl methyl sites for hydroxylation is 1. The van der Waals surface area contributed by atoms with Crippen LogP contribution in [-0.4, -0.2) is 18.4 Å². The maximum atomic E-state index is 12.1. The van der Waals surface area contributed by atoms with Gasteiger partial charge in [-0.15, -0.1) is 11.3 Å². The molecular weight excluding hydrogens is 298 g/mol. The second-order valence-electron chi connectivity index (χ2n) is 4.92. The number of amides is 2. The molecule has 0 aliphatic rings. The first kappa shape index (κ1) is 16.2. The summed E-state index contributed by atoms with van der Waals surface area (Å²) in [6.45, 7) is 2.41. The maximum Gasteiger partial charge on any atom is 0.265 e. The van der Waals surface area contributed by atoms with Gasteiger partial charge in [0, 0.05) is 6.42 Å². The Morgan fingerprint density at radius 1 is 1.18 bits per heavy atom. The van der Waals surface area contributed by atoms with Gasteiger partial charge in [0.15, 0.2) is 0 Å². The van der Waals surface area contributed by atoms with Crippen LogP contribution >= 0.6 is 11.3 Å². The molecule has 2 amide bonds. The molecule has 0 bridgehead atoms. The van der Waals surface area contributed by atoms with Gasteiger partial charge in [0.1, 0.15) is 0 Å². The van der Waals surface area contributed by atoms with E-state index in [1.165, 1.54) is 11.3 Å². The van der Waals surface area contributed by atoms with E-state index in [2.05, 4.69) is 10.6 Å². The van der Waals surface area contributed by atoms with Crippen molar-refractivity contribution in [2.24, 2.45) is 5.73 Å². The van der Waals surface area contributed by atoms with Crippen molar-refractivity contribution in [3.63, 3.8) is 0 Å². The van der Waals surface area contributed by atoms with Crippen LogP contribution in [0.4, 0.5) is 11.4 Å². The SMILES string of the molecule is Cc1ccc(NC(=O)c2cccs2)c(NC(=O)CCCN)c1. The second kappa shape index (κ2) is 7.72. The van der Waals surface area contributed by atoms with E-state index in [1.54, 1.807) is 12.1 Å². The van der Waals surface area contributed by atoms with E-state index in [4.69, 9.17) is 5.73 Å². The molecule has 0 fully saturated rings. The summed E-state index contributed by atoms with van der Waals surface area (Å²) in [4.78, 5) is 24.6. The molecule has 0 saturated carbocycles. The lowest BCUT2D eigenvalue weighted by molar-refractivity contribution is -0.116. The van der Waals surface area contributed by atoms with E-state index in [0.717, 1.165) is 5.56 Å². The lowest BCUT2D eigenvalue weighted by atomic mass is 10.1. The lowest BCUT2D eigenvalue weighted by Crippen LogP contribution is -2.17. The van der Waals surface area contributed by atoms with Gasteiger partial charge in [0.2, 0.25) is 5.91 Å². The number of benzene rings is 1. The molecule has 5 nitrogen and oxygen atoms in total. The number of thiophene rings is 1. The number of anilines is 2. The summed E-state index contributed by atoms with van der Waals surface area (Å²) >= 11 is 1.37. The molecule has 6 heteroatoms. The lowest BCUT2D eigenvalue weighted by Gasteiger charge is -2.13. The first-order chi connectivity index (χ1) is 10.6. The predicted molar refractivity (Wildman–Crippen MR) is 90.4 cm³/mol. The third-order valence-electron chi connectivity index (χ3n) is 3.05. The Hall–Kier alpha value is -2.18. The molecule has 22 heavy (non-hydrogen) atoms. The smallest absolute Gasteiger partial charge is 0.265 e. The topological polar surface area (TPSA) is 84.2 Å². The van der Waals surface area contributed by atoms with Crippen LogP contribution in [0.3, 0.4) is 0 Å². The Kier molecular flexibility index (Phi) is 5.68. The van der Waals surface area contributed by atoms with E-state index in [-0.39, 0.29) is 11.8 Å². The predicted octanol–water partition coefficient (Wildman–Crippen LogP) is 2.99. The van der Waals surface area contributed by atoms with Crippen molar-refractivity contribution in [3.8, 4) is 0 Å². The van der Waals surface area contributed by atoms with E-state index >= 15 is 0 Å². The molecule has 0 aliphatic heterocycles. The van der Waals surface area contributed by atoms with Crippen LogP contribution in [-0.2, 0) is 4.79 Å². The fourth-order valence-corrected chi connectivity index (χ4v) is 2.56. The van der Waals surface area contributed by atoms with Crippen LogP contribution in [0, 0.1) is 6.92 Å². The molecule has 0 radical (unpaired) electrons. The van der Waals surface area contributed by atoms with Gasteiger partial charge in [-0.1, -0.05) is 12.1 Å². The minimum atomic E-state index is -0.184. The van der Waals surface area contributed by atoms with Crippen LogP contribution in [0.15, 0.2) is 35.7 Å². The van der Waals surface area contributed by atoms with Crippen molar-refractivity contribution in [1.29, 1.82) is 0 Å². The average molecular weight is 317 g/mol. The summed E-state index contributed by atoms with van der Waals surface area (Å²) in [6.07, 6.45) is 0.997. The molecule has 116 valence electrons. The summed E-state index contributed by atoms with van der Waals surface area (Å²) < 4.78 is 0. The van der Waals surface area contributed by atoms with E-state index < -0.39 is 0 Å². The number of hydrogen-bond donors (Lipinski definition) is 3. The number of rotatable bonds is 6. The third-order valence-corrected chi connectivity index (χ3v) is 3.92. The quantitative estimate of drug-likeness (QED) is 0.766. The Labute approximate surface area is 133 Å². The van der Waals surface area contributed by atoms with Crippen LogP contribution < -0.4 is 16.4 Å². The molecule has 0 aliphatic carbocycles. The zero-order valence-corrected chi connectivity index (χ0v) is 13.2. The number of carbonyl (C=O) groups is 2. The van der Waals surface area contributed by atoms with Crippen molar-refractivity contribution in [2.75, 3.05) is 17.2 Å². The van der Waals surface area contributed by atoms with Crippen molar-refractivity contribution in [1.82, 2.24) is 0 Å². The molecular formula is C16H19N3O2S. The monoisotopic (exact) mass is 317 g/mol. The molecule has 4 N–H and O–H groups in total. The van der Waals surface area contributed by atoms with Gasteiger partial charge < -0.3 is 16.4 Å². The van der Waals surface area contributed by atoms with Gasteiger partial charge in [-0.2, -0.15) is 0 Å². The zero-order chi connectivity index (χ0) is 15.9. The highest BCUT2D eigenvalue weighted by Crippen LogP contribution is 2.24. The van der Waals surface area contributed by atoms with Crippen molar-refractivity contribution in [2.45, 2.75) is 19.8 Å². The molecule has 0 spiro atoms. The number of nitrogens with one attached hydrogen (secondary N) is 2. The van der Waals surface area contributed by atoms with Crippen LogP contribution in [0.1, 0.15) is 28.1 Å². The van der Waals surface area contributed by atoms with Crippen molar-refractivity contribution in [3.05, 3.63) is 46.2 Å². The second-order valence-corrected chi connectivity index (χ2v) is 5.87. The molecule has 1 heterocycles. The average Bonchev–Trinajstić information content (AvgIpc) is 3.02. The first-order valence-corrected chi connectivity index (χ1v) is 7.93. The van der Waals surface area contributed by atoms with Gasteiger partial charge >= 0.3 is 0 Å². The molecule has 1 aromatic carbocycles. The van der Waals surface area contributed by atoms with Gasteiger partial charge in [0.05, 0.1) is 16.3 Å². The summed E-state index contributed by atoms with van der Waals surface area (Å²) in [5.74, 6) is -0.293. The van der Waals surface area contributed by atoms with E-state index in [9.17, 15) is 9.59 Å². The highest BCUT2D eigenvalue weighted by atomic mass is 32.1. The van der Waals surface area contributed by atoms with Crippen molar-refractivity contribution >= 4 is 34.5 Å². The Bertz CT molecular complexity index is 653. The molecule has 2 rings (SSSR count). The standard InChI is InChI=1S/C16H19N3O2S/c1-11-6-7-12(19-16(21)14-4-3-9-22-14)13(10-11)18-15(20)5-2-8-17/h3-4,6-7,9-10H,2,5,8,17H2,1H3,(H,18,20)(H,19,21). The summed E-state index contributed by atoms with van der Waals surface area (Å²) in [6, 6.07) is 9.10. The largest absolute Gasteiger partial charge is 0.330 e. The molecule has 2 aromatic rings. The highest BCUT2D eigenvalue weighted by Gasteiger charge is 2.12. The Balaban J connectivity index is 2.13. The number of nitrogens with two attached hydrogens (primary N) is 1. The molecule has 1 aromatic heterocycles. The highest BCUT2D eigenvalue weighted by molar-refractivity contribution is 7.12.